The lowest BCUT2D eigenvalue weighted by molar-refractivity contribution is 0.0968. The van der Waals surface area contributed by atoms with Crippen molar-refractivity contribution >= 4 is 34.0 Å². The van der Waals surface area contributed by atoms with Crippen LogP contribution in [0.2, 0.25) is 5.02 Å². The summed E-state index contributed by atoms with van der Waals surface area (Å²) < 4.78 is 5.32. The van der Waals surface area contributed by atoms with Gasteiger partial charge in [-0.25, -0.2) is 0 Å². The molecule has 0 saturated carbocycles. The van der Waals surface area contributed by atoms with Gasteiger partial charge in [-0.3, -0.25) is 9.78 Å². The normalized spacial score (nSPS) is 14.7. The van der Waals surface area contributed by atoms with E-state index in [0.717, 1.165) is 60.2 Å². The number of phenolic OH excluding ortho intramolecular Hbond substituents is 1. The lowest BCUT2D eigenvalue weighted by Gasteiger charge is -2.36. The molecule has 3 aromatic rings. The number of Topliss-reactive ketones (excluding diaryl/α,β-unsaturated/α-hetero) is 1. The van der Waals surface area contributed by atoms with Crippen LogP contribution in [0.1, 0.15) is 43.5 Å². The van der Waals surface area contributed by atoms with Crippen LogP contribution in [-0.4, -0.2) is 61.6 Å². The summed E-state index contributed by atoms with van der Waals surface area (Å²) in [5.41, 5.74) is 4.27. The summed E-state index contributed by atoms with van der Waals surface area (Å²) in [4.78, 5) is 22.7. The number of pyridine rings is 1. The van der Waals surface area contributed by atoms with Crippen LogP contribution in [0, 0.1) is 11.8 Å². The Morgan fingerprint density at radius 1 is 1.19 bits per heavy atom. The third-order valence-corrected chi connectivity index (χ3v) is 7.16. The maximum atomic E-state index is 13.4. The molecule has 2 heterocycles. The van der Waals surface area contributed by atoms with Gasteiger partial charge in [0.2, 0.25) is 0 Å². The third kappa shape index (κ3) is 5.60. The van der Waals surface area contributed by atoms with Crippen molar-refractivity contribution in [3.8, 4) is 22.6 Å². The average Bonchev–Trinajstić information content (AvgIpc) is 2.84. The van der Waals surface area contributed by atoms with Crippen LogP contribution in [0.3, 0.4) is 0 Å². The molecule has 7 heteroatoms. The average molecular weight is 510 g/mol. The van der Waals surface area contributed by atoms with Crippen LogP contribution >= 0.6 is 11.6 Å². The highest BCUT2D eigenvalue weighted by Crippen LogP contribution is 2.40. The Hall–Kier alpha value is -2.83. The first-order valence-corrected chi connectivity index (χ1v) is 13.0. The number of benzene rings is 2. The Kier molecular flexibility index (Phi) is 8.06. The van der Waals surface area contributed by atoms with Crippen molar-refractivity contribution < 1.29 is 14.6 Å². The molecule has 0 atom stereocenters. The fourth-order valence-corrected chi connectivity index (χ4v) is 5.35. The fourth-order valence-electron chi connectivity index (χ4n) is 5.14. The molecule has 1 aromatic heterocycles. The van der Waals surface area contributed by atoms with Gasteiger partial charge in [-0.05, 0) is 74.2 Å². The molecule has 0 aliphatic carbocycles. The van der Waals surface area contributed by atoms with Crippen LogP contribution in [-0.2, 0) is 0 Å². The molecular weight excluding hydrogens is 474 g/mol. The number of ether oxygens (including phenoxy) is 1. The SMILES string of the molecule is COc1cc(-c2ccc3ncc(C(=O)CC(C)C)c(N4CCC(CN(C)C)CC4)c3c2)cc(Cl)c1O. The van der Waals surface area contributed by atoms with E-state index in [1.54, 1.807) is 18.3 Å². The number of carbonyl (C=O) groups is 1. The zero-order valence-corrected chi connectivity index (χ0v) is 22.6. The van der Waals surface area contributed by atoms with Gasteiger partial charge in [0.15, 0.2) is 17.3 Å². The van der Waals surface area contributed by atoms with Crippen LogP contribution in [0.25, 0.3) is 22.0 Å². The predicted octanol–water partition coefficient (Wildman–Crippen LogP) is 6.28. The number of methoxy groups -OCH3 is 1. The zero-order chi connectivity index (χ0) is 26.0. The number of halogens is 1. The molecule has 1 aliphatic heterocycles. The van der Waals surface area contributed by atoms with Crippen molar-refractivity contribution in [2.24, 2.45) is 11.8 Å². The summed E-state index contributed by atoms with van der Waals surface area (Å²) in [6.07, 6.45) is 4.42. The lowest BCUT2D eigenvalue weighted by atomic mass is 9.92. The first-order chi connectivity index (χ1) is 17.2. The molecule has 36 heavy (non-hydrogen) atoms. The quantitative estimate of drug-likeness (QED) is 0.361. The number of piperidine rings is 1. The van der Waals surface area contributed by atoms with E-state index in [-0.39, 0.29) is 22.5 Å². The van der Waals surface area contributed by atoms with E-state index >= 15 is 0 Å². The molecule has 1 aliphatic rings. The van der Waals surface area contributed by atoms with E-state index in [1.807, 2.05) is 12.1 Å². The van der Waals surface area contributed by atoms with Gasteiger partial charge in [0.05, 0.1) is 28.9 Å². The summed E-state index contributed by atoms with van der Waals surface area (Å²) in [7, 11) is 5.75. The van der Waals surface area contributed by atoms with Gasteiger partial charge < -0.3 is 19.6 Å². The number of anilines is 1. The second-order valence-corrected chi connectivity index (χ2v) is 10.9. The van der Waals surface area contributed by atoms with Crippen molar-refractivity contribution in [1.29, 1.82) is 0 Å². The predicted molar refractivity (Wildman–Crippen MR) is 148 cm³/mol. The molecule has 0 amide bonds. The van der Waals surface area contributed by atoms with E-state index in [2.05, 4.69) is 48.8 Å². The third-order valence-electron chi connectivity index (χ3n) is 6.87. The Labute approximate surface area is 218 Å². The topological polar surface area (TPSA) is 65.9 Å². The highest BCUT2D eigenvalue weighted by molar-refractivity contribution is 6.32. The Balaban J connectivity index is 1.82. The number of carbonyl (C=O) groups excluding carboxylic acids is 1. The van der Waals surface area contributed by atoms with Crippen LogP contribution < -0.4 is 9.64 Å². The molecule has 0 unspecified atom stereocenters. The second kappa shape index (κ2) is 11.1. The second-order valence-electron chi connectivity index (χ2n) is 10.5. The maximum absolute atomic E-state index is 13.4. The van der Waals surface area contributed by atoms with Crippen molar-refractivity contribution in [2.75, 3.05) is 45.7 Å². The zero-order valence-electron chi connectivity index (χ0n) is 21.8. The van der Waals surface area contributed by atoms with Crippen LogP contribution in [0.15, 0.2) is 36.5 Å². The van der Waals surface area contributed by atoms with Crippen LogP contribution in [0.4, 0.5) is 5.69 Å². The Bertz CT molecular complexity index is 1250. The van der Waals surface area contributed by atoms with E-state index in [1.165, 1.54) is 7.11 Å². The monoisotopic (exact) mass is 509 g/mol. The minimum absolute atomic E-state index is 0.0757. The molecule has 1 fully saturated rings. The molecular formula is C29H36ClN3O3. The minimum Gasteiger partial charge on any atom is -0.503 e. The number of nitrogens with zero attached hydrogens (tertiary/aromatic N) is 3. The highest BCUT2D eigenvalue weighted by atomic mass is 35.5. The van der Waals surface area contributed by atoms with Crippen molar-refractivity contribution in [3.05, 3.63) is 47.1 Å². The van der Waals surface area contributed by atoms with Gasteiger partial charge in [-0.1, -0.05) is 31.5 Å². The van der Waals surface area contributed by atoms with E-state index in [4.69, 9.17) is 16.3 Å². The van der Waals surface area contributed by atoms with Crippen LogP contribution in [0.5, 0.6) is 11.5 Å². The van der Waals surface area contributed by atoms with E-state index < -0.39 is 0 Å². The number of aromatic nitrogens is 1. The fraction of sp³-hybridized carbons (Fsp3) is 0.448. The first-order valence-electron chi connectivity index (χ1n) is 12.6. The molecule has 0 bridgehead atoms. The number of hydrogen-bond acceptors (Lipinski definition) is 6. The summed E-state index contributed by atoms with van der Waals surface area (Å²) in [6, 6.07) is 9.55. The first kappa shape index (κ1) is 26.2. The molecule has 4 rings (SSSR count). The molecule has 0 radical (unpaired) electrons. The van der Waals surface area contributed by atoms with E-state index in [9.17, 15) is 9.90 Å². The number of phenols is 1. The largest absolute Gasteiger partial charge is 0.503 e. The number of aromatic hydroxyl groups is 1. The highest BCUT2D eigenvalue weighted by Gasteiger charge is 2.26. The number of hydrogen-bond donors (Lipinski definition) is 1. The van der Waals surface area contributed by atoms with Gasteiger partial charge >= 0.3 is 0 Å². The maximum Gasteiger partial charge on any atom is 0.176 e. The molecule has 1 saturated heterocycles. The Morgan fingerprint density at radius 3 is 2.56 bits per heavy atom. The molecule has 1 N–H and O–H groups in total. The van der Waals surface area contributed by atoms with Gasteiger partial charge in [0.25, 0.3) is 0 Å². The molecule has 6 nitrogen and oxygen atoms in total. The van der Waals surface area contributed by atoms with Crippen molar-refractivity contribution in [2.45, 2.75) is 33.1 Å². The Morgan fingerprint density at radius 2 is 1.92 bits per heavy atom. The van der Waals surface area contributed by atoms with E-state index in [0.29, 0.717) is 23.7 Å². The smallest absolute Gasteiger partial charge is 0.176 e. The van der Waals surface area contributed by atoms with Crippen molar-refractivity contribution in [1.82, 2.24) is 9.88 Å². The molecule has 0 spiro atoms. The van der Waals surface area contributed by atoms with Gasteiger partial charge in [0.1, 0.15) is 0 Å². The molecule has 192 valence electrons. The van der Waals surface area contributed by atoms with Gasteiger partial charge in [0, 0.05) is 37.6 Å². The standard InChI is InChI=1S/C29H36ClN3O3/c1-18(2)12-26(34)23-16-31-25-7-6-20(21-14-24(30)29(35)27(15-21)36-5)13-22(25)28(23)33-10-8-19(9-11-33)17-32(3)4/h6-7,13-16,18-19,35H,8-12,17H2,1-5H3. The number of rotatable bonds is 8. The lowest BCUT2D eigenvalue weighted by Crippen LogP contribution is -2.38. The molecule has 2 aromatic carbocycles. The summed E-state index contributed by atoms with van der Waals surface area (Å²) in [6.45, 7) is 7.03. The minimum atomic E-state index is -0.0757. The number of ketones is 1. The summed E-state index contributed by atoms with van der Waals surface area (Å²) in [5, 5.41) is 11.4. The summed E-state index contributed by atoms with van der Waals surface area (Å²) in [5.74, 6) is 1.30. The van der Waals surface area contributed by atoms with Gasteiger partial charge in [-0.15, -0.1) is 0 Å². The number of fused-ring (bicyclic) bond motifs is 1. The van der Waals surface area contributed by atoms with Crippen molar-refractivity contribution in [3.63, 3.8) is 0 Å². The van der Waals surface area contributed by atoms with Gasteiger partial charge in [-0.2, -0.15) is 0 Å². The summed E-state index contributed by atoms with van der Waals surface area (Å²) >= 11 is 6.28.